The molecule has 0 spiro atoms. The van der Waals surface area contributed by atoms with Gasteiger partial charge in [-0.05, 0) is 19.9 Å². The second-order valence-electron chi connectivity index (χ2n) is 7.21. The molecule has 0 bridgehead atoms. The lowest BCUT2D eigenvalue weighted by molar-refractivity contribution is -0.136. The highest BCUT2D eigenvalue weighted by atomic mass is 32.2. The topological polar surface area (TPSA) is 95.9 Å². The van der Waals surface area contributed by atoms with Crippen LogP contribution in [0.25, 0.3) is 0 Å². The van der Waals surface area contributed by atoms with Crippen molar-refractivity contribution in [2.75, 3.05) is 19.8 Å². The first kappa shape index (κ1) is 23.2. The molecule has 6 nitrogen and oxygen atoms in total. The van der Waals surface area contributed by atoms with E-state index in [-0.39, 0.29) is 24.9 Å². The second-order valence-corrected chi connectivity index (χ2v) is 8.66. The molecule has 1 rings (SSSR count). The third-order valence-electron chi connectivity index (χ3n) is 4.17. The summed E-state index contributed by atoms with van der Waals surface area (Å²) in [6, 6.07) is 0. The number of ether oxygens (including phenoxy) is 1. The van der Waals surface area contributed by atoms with E-state index in [0.717, 1.165) is 5.57 Å². The van der Waals surface area contributed by atoms with Crippen LogP contribution >= 0.6 is 11.8 Å². The zero-order valence-corrected chi connectivity index (χ0v) is 17.1. The maximum atomic E-state index is 11.8. The van der Waals surface area contributed by atoms with E-state index < -0.39 is 22.2 Å². The van der Waals surface area contributed by atoms with Gasteiger partial charge in [-0.25, -0.2) is 0 Å². The van der Waals surface area contributed by atoms with E-state index >= 15 is 0 Å². The molecule has 0 aromatic carbocycles. The summed E-state index contributed by atoms with van der Waals surface area (Å²) >= 11 is 1.19. The SMILES string of the molecule is C=C/C(C)=C/C1(C)SC(=O)C=C1OC/C=C\CNC(=O)C(O)C(C)(C)CO. The Morgan fingerprint density at radius 3 is 2.74 bits per heavy atom. The lowest BCUT2D eigenvalue weighted by Gasteiger charge is -2.26. The lowest BCUT2D eigenvalue weighted by atomic mass is 9.87. The minimum Gasteiger partial charge on any atom is -0.492 e. The second kappa shape index (κ2) is 9.92. The highest BCUT2D eigenvalue weighted by Gasteiger charge is 2.37. The number of hydrogen-bond acceptors (Lipinski definition) is 6. The van der Waals surface area contributed by atoms with Gasteiger partial charge in [-0.15, -0.1) is 0 Å². The summed E-state index contributed by atoms with van der Waals surface area (Å²) in [6.07, 6.45) is 7.28. The van der Waals surface area contributed by atoms with Crippen molar-refractivity contribution in [3.05, 3.63) is 48.3 Å². The van der Waals surface area contributed by atoms with Crippen LogP contribution in [0.4, 0.5) is 0 Å². The summed E-state index contributed by atoms with van der Waals surface area (Å²) in [5, 5.41) is 21.6. The third-order valence-corrected chi connectivity index (χ3v) is 5.23. The summed E-state index contributed by atoms with van der Waals surface area (Å²) in [5.41, 5.74) is 0.0502. The fourth-order valence-electron chi connectivity index (χ4n) is 2.30. The van der Waals surface area contributed by atoms with Crippen LogP contribution in [0, 0.1) is 5.41 Å². The summed E-state index contributed by atoms with van der Waals surface area (Å²) in [6.45, 7) is 10.9. The van der Waals surface area contributed by atoms with Gasteiger partial charge in [0.05, 0.1) is 11.4 Å². The number of aliphatic hydroxyl groups is 2. The largest absolute Gasteiger partial charge is 0.492 e. The van der Waals surface area contributed by atoms with Gasteiger partial charge in [-0.3, -0.25) is 9.59 Å². The van der Waals surface area contributed by atoms with Gasteiger partial charge in [0.2, 0.25) is 11.0 Å². The molecule has 7 heteroatoms. The van der Waals surface area contributed by atoms with Crippen LogP contribution in [0.3, 0.4) is 0 Å². The molecule has 1 amide bonds. The molecule has 1 heterocycles. The molecule has 3 N–H and O–H groups in total. The minimum absolute atomic E-state index is 0.0580. The Labute approximate surface area is 165 Å². The highest BCUT2D eigenvalue weighted by molar-refractivity contribution is 8.15. The Kier molecular flexibility index (Phi) is 8.53. The molecule has 0 aromatic heterocycles. The highest BCUT2D eigenvalue weighted by Crippen LogP contribution is 2.42. The van der Waals surface area contributed by atoms with Crippen LogP contribution in [-0.2, 0) is 14.3 Å². The number of thioether (sulfide) groups is 1. The Balaban J connectivity index is 2.51. The average Bonchev–Trinajstić information content (AvgIpc) is 2.89. The van der Waals surface area contributed by atoms with Crippen molar-refractivity contribution in [1.82, 2.24) is 5.32 Å². The quantitative estimate of drug-likeness (QED) is 0.387. The predicted octanol–water partition coefficient (Wildman–Crippen LogP) is 2.10. The van der Waals surface area contributed by atoms with Crippen molar-refractivity contribution in [1.29, 1.82) is 0 Å². The molecule has 2 unspecified atom stereocenters. The van der Waals surface area contributed by atoms with E-state index in [2.05, 4.69) is 11.9 Å². The maximum absolute atomic E-state index is 11.8. The molecule has 150 valence electrons. The van der Waals surface area contributed by atoms with E-state index in [4.69, 9.17) is 4.74 Å². The number of nitrogens with one attached hydrogen (secondary N) is 1. The van der Waals surface area contributed by atoms with Crippen LogP contribution in [-0.4, -0.2) is 51.8 Å². The van der Waals surface area contributed by atoms with E-state index in [1.54, 1.807) is 32.1 Å². The summed E-state index contributed by atoms with van der Waals surface area (Å²) in [4.78, 5) is 23.6. The summed E-state index contributed by atoms with van der Waals surface area (Å²) in [5.74, 6) is 0.0326. The van der Waals surface area contributed by atoms with E-state index in [0.29, 0.717) is 5.76 Å². The molecule has 27 heavy (non-hydrogen) atoms. The molecule has 0 aliphatic carbocycles. The van der Waals surface area contributed by atoms with Crippen molar-refractivity contribution in [3.8, 4) is 0 Å². The smallest absolute Gasteiger partial charge is 0.249 e. The molecule has 1 aliphatic heterocycles. The predicted molar refractivity (Wildman–Crippen MR) is 108 cm³/mol. The van der Waals surface area contributed by atoms with Crippen molar-refractivity contribution in [2.45, 2.75) is 38.5 Å². The number of hydrogen-bond donors (Lipinski definition) is 3. The number of aliphatic hydroxyl groups excluding tert-OH is 2. The molecule has 0 fully saturated rings. The first-order valence-corrected chi connectivity index (χ1v) is 9.49. The van der Waals surface area contributed by atoms with Gasteiger partial charge in [0.15, 0.2) is 0 Å². The first-order chi connectivity index (χ1) is 12.6. The first-order valence-electron chi connectivity index (χ1n) is 8.67. The molecular weight excluding hydrogens is 366 g/mol. The molecule has 0 radical (unpaired) electrons. The Hall–Kier alpha value is -1.83. The van der Waals surface area contributed by atoms with Crippen molar-refractivity contribution in [3.63, 3.8) is 0 Å². The van der Waals surface area contributed by atoms with Gasteiger partial charge in [0, 0.05) is 18.0 Å². The van der Waals surface area contributed by atoms with E-state index in [1.807, 2.05) is 19.9 Å². The Bertz CT molecular complexity index is 665. The number of carbonyl (C=O) groups is 2. The number of rotatable bonds is 10. The molecule has 0 aromatic rings. The minimum atomic E-state index is -1.29. The molecule has 0 saturated carbocycles. The molecular formula is C20H29NO5S. The molecule has 1 aliphatic rings. The van der Waals surface area contributed by atoms with E-state index in [9.17, 15) is 19.8 Å². The van der Waals surface area contributed by atoms with Crippen molar-refractivity contribution < 1.29 is 24.5 Å². The third kappa shape index (κ3) is 6.68. The monoisotopic (exact) mass is 395 g/mol. The number of carbonyl (C=O) groups excluding carboxylic acids is 2. The van der Waals surface area contributed by atoms with Gasteiger partial charge in [0.25, 0.3) is 0 Å². The maximum Gasteiger partial charge on any atom is 0.249 e. The van der Waals surface area contributed by atoms with Crippen LogP contribution in [0.5, 0.6) is 0 Å². The van der Waals surface area contributed by atoms with Crippen molar-refractivity contribution >= 4 is 22.8 Å². The zero-order chi connectivity index (χ0) is 20.7. The number of allylic oxidation sites excluding steroid dienone is 2. The molecule has 2 atom stereocenters. The standard InChI is InChI=1S/C20H29NO5S/c1-6-14(2)12-20(5)15(11-16(23)27-20)26-10-8-7-9-21-18(25)17(24)19(3,4)13-22/h6-8,11-12,17,22,24H,1,9-10,13H2,2-5H3,(H,21,25)/b8-7-,14-12+. The fraction of sp³-hybridized carbons (Fsp3) is 0.500. The normalized spacial score (nSPS) is 21.9. The van der Waals surface area contributed by atoms with Crippen LogP contribution in [0.15, 0.2) is 48.3 Å². The van der Waals surface area contributed by atoms with Crippen molar-refractivity contribution in [2.24, 2.45) is 5.41 Å². The molecule has 0 saturated heterocycles. The van der Waals surface area contributed by atoms with Gasteiger partial charge in [-0.2, -0.15) is 0 Å². The fourth-order valence-corrected chi connectivity index (χ4v) is 3.35. The van der Waals surface area contributed by atoms with Gasteiger partial charge < -0.3 is 20.3 Å². The summed E-state index contributed by atoms with van der Waals surface area (Å²) in [7, 11) is 0. The van der Waals surface area contributed by atoms with Gasteiger partial charge in [-0.1, -0.05) is 56.0 Å². The van der Waals surface area contributed by atoms with Gasteiger partial charge >= 0.3 is 0 Å². The van der Waals surface area contributed by atoms with Crippen LogP contribution < -0.4 is 5.32 Å². The average molecular weight is 396 g/mol. The summed E-state index contributed by atoms with van der Waals surface area (Å²) < 4.78 is 5.16. The zero-order valence-electron chi connectivity index (χ0n) is 16.3. The van der Waals surface area contributed by atoms with Crippen LogP contribution in [0.1, 0.15) is 27.7 Å². The Morgan fingerprint density at radius 1 is 1.48 bits per heavy atom. The van der Waals surface area contributed by atoms with Gasteiger partial charge in [0.1, 0.15) is 18.5 Å². The Morgan fingerprint density at radius 2 is 2.15 bits per heavy atom. The lowest BCUT2D eigenvalue weighted by Crippen LogP contribution is -2.45. The van der Waals surface area contributed by atoms with Crippen LogP contribution in [0.2, 0.25) is 0 Å². The number of amides is 1. The van der Waals surface area contributed by atoms with E-state index in [1.165, 1.54) is 17.8 Å².